The van der Waals surface area contributed by atoms with Gasteiger partial charge in [-0.3, -0.25) is 0 Å². The van der Waals surface area contributed by atoms with Gasteiger partial charge in [0.25, 0.3) is 0 Å². The van der Waals surface area contributed by atoms with Crippen LogP contribution in [0, 0.1) is 11.6 Å². The van der Waals surface area contributed by atoms with Gasteiger partial charge in [0.15, 0.2) is 21.5 Å². The molecule has 0 amide bonds. The summed E-state index contributed by atoms with van der Waals surface area (Å²) in [6, 6.07) is 18.8. The Morgan fingerprint density at radius 1 is 0.933 bits per heavy atom. The first-order valence-corrected chi connectivity index (χ1v) is 11.0. The highest BCUT2D eigenvalue weighted by Gasteiger charge is 2.21. The van der Waals surface area contributed by atoms with E-state index in [0.29, 0.717) is 23.6 Å². The zero-order valence-corrected chi connectivity index (χ0v) is 16.8. The maximum Gasteiger partial charge on any atom is 0.199 e. The maximum atomic E-state index is 14.5. The Morgan fingerprint density at radius 2 is 1.63 bits per heavy atom. The lowest BCUT2D eigenvalue weighted by Crippen LogP contribution is -1.96. The van der Waals surface area contributed by atoms with Crippen LogP contribution >= 0.6 is 0 Å². The van der Waals surface area contributed by atoms with Crippen LogP contribution in [0.2, 0.25) is 0 Å². The van der Waals surface area contributed by atoms with Gasteiger partial charge >= 0.3 is 0 Å². The lowest BCUT2D eigenvalue weighted by Gasteiger charge is -2.04. The van der Waals surface area contributed by atoms with Gasteiger partial charge in [0.1, 0.15) is 17.3 Å². The molecule has 0 bridgehead atoms. The molecule has 0 saturated heterocycles. The molecule has 0 unspecified atom stereocenters. The molecule has 0 spiro atoms. The molecule has 0 aliphatic rings. The Kier molecular flexibility index (Phi) is 5.22. The Labute approximate surface area is 172 Å². The Bertz CT molecular complexity index is 1300. The van der Waals surface area contributed by atoms with Crippen LogP contribution in [0.4, 0.5) is 8.78 Å². The van der Waals surface area contributed by atoms with E-state index in [0.717, 1.165) is 24.0 Å². The number of hydrogen-bond donors (Lipinski definition) is 0. The molecule has 30 heavy (non-hydrogen) atoms. The lowest BCUT2D eigenvalue weighted by molar-refractivity contribution is 0.513. The minimum Gasteiger partial charge on any atom is -0.440 e. The number of nitrogens with zero attached hydrogens (tertiary/aromatic N) is 1. The van der Waals surface area contributed by atoms with Crippen LogP contribution in [0.25, 0.3) is 22.6 Å². The fraction of sp³-hybridized carbons (Fsp3) is 0.0870. The molecule has 0 atom stereocenters. The lowest BCUT2D eigenvalue weighted by atomic mass is 10.1. The van der Waals surface area contributed by atoms with E-state index in [2.05, 4.69) is 4.98 Å². The molecule has 152 valence electrons. The van der Waals surface area contributed by atoms with Crippen molar-refractivity contribution in [2.45, 2.75) is 11.3 Å². The summed E-state index contributed by atoms with van der Waals surface area (Å²) in [6.07, 6.45) is 1.51. The van der Waals surface area contributed by atoms with Gasteiger partial charge in [0.2, 0.25) is 0 Å². The van der Waals surface area contributed by atoms with Crippen LogP contribution in [0.15, 0.2) is 82.1 Å². The van der Waals surface area contributed by atoms with Crippen molar-refractivity contribution >= 4 is 9.84 Å². The summed E-state index contributed by atoms with van der Waals surface area (Å²) in [6.45, 7) is 0. The summed E-state index contributed by atoms with van der Waals surface area (Å²) in [5, 5.41) is 0. The number of sulfone groups is 1. The first-order valence-electron chi connectivity index (χ1n) is 9.11. The third kappa shape index (κ3) is 4.16. The number of oxazole rings is 1. The molecule has 4 rings (SSSR count). The standard InChI is InChI=1S/C23H17F2NO3S/c1-30(27,28)18-10-7-16(8-11-18)22-23(19-12-9-17(24)14-20(19)25)29-21(26-22)13-15-5-3-2-4-6-15/h2-12,14H,13H2,1H3. The van der Waals surface area contributed by atoms with Crippen LogP contribution in [-0.4, -0.2) is 19.7 Å². The second kappa shape index (κ2) is 7.84. The van der Waals surface area contributed by atoms with E-state index in [-0.39, 0.29) is 16.2 Å². The molecular formula is C23H17F2NO3S. The molecule has 0 aliphatic carbocycles. The van der Waals surface area contributed by atoms with Crippen LogP contribution in [-0.2, 0) is 16.3 Å². The quantitative estimate of drug-likeness (QED) is 0.436. The fourth-order valence-corrected chi connectivity index (χ4v) is 3.75. The van der Waals surface area contributed by atoms with Gasteiger partial charge in [-0.1, -0.05) is 42.5 Å². The smallest absolute Gasteiger partial charge is 0.199 e. The summed E-state index contributed by atoms with van der Waals surface area (Å²) in [4.78, 5) is 4.69. The Balaban J connectivity index is 1.83. The minimum absolute atomic E-state index is 0.0744. The zero-order valence-electron chi connectivity index (χ0n) is 16.0. The molecule has 7 heteroatoms. The van der Waals surface area contributed by atoms with Gasteiger partial charge in [0, 0.05) is 24.3 Å². The van der Waals surface area contributed by atoms with Crippen LogP contribution < -0.4 is 0 Å². The molecule has 0 aliphatic heterocycles. The second-order valence-corrected chi connectivity index (χ2v) is 8.88. The van der Waals surface area contributed by atoms with Crippen LogP contribution in [0.3, 0.4) is 0 Å². The van der Waals surface area contributed by atoms with E-state index in [1.807, 2.05) is 30.3 Å². The largest absolute Gasteiger partial charge is 0.440 e. The highest BCUT2D eigenvalue weighted by molar-refractivity contribution is 7.90. The summed E-state index contributed by atoms with van der Waals surface area (Å²) in [5.74, 6) is -0.946. The van der Waals surface area contributed by atoms with E-state index in [1.54, 1.807) is 12.1 Å². The summed E-state index contributed by atoms with van der Waals surface area (Å²) >= 11 is 0. The van der Waals surface area contributed by atoms with Gasteiger partial charge in [-0.15, -0.1) is 0 Å². The van der Waals surface area contributed by atoms with E-state index >= 15 is 0 Å². The number of benzene rings is 3. The molecule has 4 nitrogen and oxygen atoms in total. The van der Waals surface area contributed by atoms with Crippen LogP contribution in [0.5, 0.6) is 0 Å². The van der Waals surface area contributed by atoms with Gasteiger partial charge in [-0.2, -0.15) is 0 Å². The molecule has 3 aromatic carbocycles. The summed E-state index contributed by atoms with van der Waals surface area (Å²) in [7, 11) is -3.36. The van der Waals surface area contributed by atoms with Crippen molar-refractivity contribution in [1.82, 2.24) is 4.98 Å². The van der Waals surface area contributed by atoms with Crippen molar-refractivity contribution in [2.24, 2.45) is 0 Å². The zero-order chi connectivity index (χ0) is 21.3. The van der Waals surface area contributed by atoms with Crippen molar-refractivity contribution in [3.05, 3.63) is 95.9 Å². The van der Waals surface area contributed by atoms with Crippen molar-refractivity contribution in [3.8, 4) is 22.6 Å². The normalized spacial score (nSPS) is 11.6. The van der Waals surface area contributed by atoms with Gasteiger partial charge in [-0.05, 0) is 29.8 Å². The summed E-state index contributed by atoms with van der Waals surface area (Å²) in [5.41, 5.74) is 1.95. The minimum atomic E-state index is -3.36. The van der Waals surface area contributed by atoms with Crippen molar-refractivity contribution in [3.63, 3.8) is 0 Å². The molecular weight excluding hydrogens is 408 g/mol. The number of halogens is 2. The van der Waals surface area contributed by atoms with E-state index in [1.165, 1.54) is 18.2 Å². The monoisotopic (exact) mass is 425 g/mol. The van der Waals surface area contributed by atoms with E-state index < -0.39 is 21.5 Å². The number of rotatable bonds is 5. The Hall–Kier alpha value is -3.32. The number of hydrogen-bond acceptors (Lipinski definition) is 4. The Morgan fingerprint density at radius 3 is 2.27 bits per heavy atom. The SMILES string of the molecule is CS(=O)(=O)c1ccc(-c2nc(Cc3ccccc3)oc2-c2ccc(F)cc2F)cc1. The first-order chi connectivity index (χ1) is 14.3. The van der Waals surface area contributed by atoms with Crippen LogP contribution in [0.1, 0.15) is 11.5 Å². The molecule has 1 aromatic heterocycles. The van der Waals surface area contributed by atoms with Gasteiger partial charge in [0.05, 0.1) is 10.5 Å². The predicted octanol–water partition coefficient (Wildman–Crippen LogP) is 5.28. The average Bonchev–Trinajstić information content (AvgIpc) is 3.11. The first kappa shape index (κ1) is 20.0. The van der Waals surface area contributed by atoms with Crippen molar-refractivity contribution < 1.29 is 21.6 Å². The number of aromatic nitrogens is 1. The average molecular weight is 425 g/mol. The highest BCUT2D eigenvalue weighted by Crippen LogP contribution is 2.35. The third-order valence-corrected chi connectivity index (χ3v) is 5.73. The van der Waals surface area contributed by atoms with Gasteiger partial charge < -0.3 is 4.42 Å². The maximum absolute atomic E-state index is 14.5. The van der Waals surface area contributed by atoms with E-state index in [4.69, 9.17) is 4.42 Å². The van der Waals surface area contributed by atoms with E-state index in [9.17, 15) is 17.2 Å². The van der Waals surface area contributed by atoms with Crippen molar-refractivity contribution in [2.75, 3.05) is 6.26 Å². The highest BCUT2D eigenvalue weighted by atomic mass is 32.2. The molecule has 4 aromatic rings. The van der Waals surface area contributed by atoms with Gasteiger partial charge in [-0.25, -0.2) is 22.2 Å². The third-order valence-electron chi connectivity index (χ3n) is 4.60. The topological polar surface area (TPSA) is 60.2 Å². The summed E-state index contributed by atoms with van der Waals surface area (Å²) < 4.78 is 57.2. The molecule has 0 fully saturated rings. The van der Waals surface area contributed by atoms with Crippen molar-refractivity contribution in [1.29, 1.82) is 0 Å². The fourth-order valence-electron chi connectivity index (χ4n) is 3.12. The second-order valence-electron chi connectivity index (χ2n) is 6.87. The molecule has 1 heterocycles. The molecule has 0 radical (unpaired) electrons. The predicted molar refractivity (Wildman–Crippen MR) is 110 cm³/mol. The molecule has 0 saturated carbocycles. The molecule has 0 N–H and O–H groups in total.